The van der Waals surface area contributed by atoms with E-state index in [9.17, 15) is 10.1 Å². The van der Waals surface area contributed by atoms with E-state index in [1.54, 1.807) is 0 Å². The van der Waals surface area contributed by atoms with Crippen molar-refractivity contribution in [2.24, 2.45) is 5.92 Å². The van der Waals surface area contributed by atoms with Crippen molar-refractivity contribution in [1.29, 1.82) is 5.26 Å². The average molecular weight is 383 g/mol. The molecule has 2 aliphatic heterocycles. The molecule has 0 fully saturated rings. The van der Waals surface area contributed by atoms with Gasteiger partial charge in [0.1, 0.15) is 5.92 Å². The van der Waals surface area contributed by atoms with Gasteiger partial charge in [0.25, 0.3) is 0 Å². The van der Waals surface area contributed by atoms with E-state index in [4.69, 9.17) is 0 Å². The van der Waals surface area contributed by atoms with Gasteiger partial charge in [0.15, 0.2) is 0 Å². The van der Waals surface area contributed by atoms with Gasteiger partial charge in [-0.2, -0.15) is 5.26 Å². The Hall–Kier alpha value is -3.16. The van der Waals surface area contributed by atoms with Crippen molar-refractivity contribution in [3.05, 3.63) is 87.6 Å². The molecule has 2 aromatic carbocycles. The number of amides is 1. The Balaban J connectivity index is 1.85. The van der Waals surface area contributed by atoms with Crippen LogP contribution in [0.4, 0.5) is 0 Å². The summed E-state index contributed by atoms with van der Waals surface area (Å²) in [7, 11) is 2.08. The first-order valence-electron chi connectivity index (χ1n) is 9.92. The standard InChI is InChI=1S/C25H25N3O/c1-16-4-8-18(9-5-16)12-20-14-28(3)15-22-23(19-10-6-17(2)7-11-19)21(13-26)25(29)27-24(20)22/h4-12,21,23H,14-15H2,1-3H3,(H,27,29)/b20-12+. The average Bonchev–Trinajstić information content (AvgIpc) is 2.70. The highest BCUT2D eigenvalue weighted by Crippen LogP contribution is 2.41. The lowest BCUT2D eigenvalue weighted by Crippen LogP contribution is -2.46. The van der Waals surface area contributed by atoms with E-state index >= 15 is 0 Å². The number of hydrogen-bond donors (Lipinski definition) is 1. The third-order valence-corrected chi connectivity index (χ3v) is 5.76. The van der Waals surface area contributed by atoms with Crippen LogP contribution in [0.2, 0.25) is 0 Å². The molecule has 0 radical (unpaired) electrons. The Morgan fingerprint density at radius 1 is 1.03 bits per heavy atom. The first-order valence-corrected chi connectivity index (χ1v) is 9.92. The van der Waals surface area contributed by atoms with Crippen molar-refractivity contribution < 1.29 is 4.79 Å². The van der Waals surface area contributed by atoms with Crippen molar-refractivity contribution in [3.8, 4) is 6.07 Å². The summed E-state index contributed by atoms with van der Waals surface area (Å²) in [6, 6.07) is 18.8. The lowest BCUT2D eigenvalue weighted by atomic mass is 9.75. The van der Waals surface area contributed by atoms with Gasteiger partial charge in [-0.25, -0.2) is 0 Å². The van der Waals surface area contributed by atoms with E-state index in [2.05, 4.69) is 60.6 Å². The fourth-order valence-corrected chi connectivity index (χ4v) is 4.25. The third-order valence-electron chi connectivity index (χ3n) is 5.76. The van der Waals surface area contributed by atoms with E-state index < -0.39 is 5.92 Å². The predicted octanol–water partition coefficient (Wildman–Crippen LogP) is 3.94. The Morgan fingerprint density at radius 2 is 1.66 bits per heavy atom. The molecule has 2 aliphatic rings. The number of carbonyl (C=O) groups is 1. The second kappa shape index (κ2) is 7.69. The van der Waals surface area contributed by atoms with Crippen LogP contribution in [0, 0.1) is 31.1 Å². The number of rotatable bonds is 2. The van der Waals surface area contributed by atoms with Crippen LogP contribution in [-0.4, -0.2) is 30.9 Å². The van der Waals surface area contributed by atoms with Crippen molar-refractivity contribution in [2.75, 3.05) is 20.1 Å². The van der Waals surface area contributed by atoms with Gasteiger partial charge in [-0.3, -0.25) is 9.69 Å². The zero-order valence-electron chi connectivity index (χ0n) is 17.1. The van der Waals surface area contributed by atoms with E-state index in [0.29, 0.717) is 0 Å². The first kappa shape index (κ1) is 19.2. The number of carbonyl (C=O) groups excluding carboxylic acids is 1. The first-order chi connectivity index (χ1) is 14.0. The van der Waals surface area contributed by atoms with Crippen molar-refractivity contribution >= 4 is 12.0 Å². The fourth-order valence-electron chi connectivity index (χ4n) is 4.25. The maximum absolute atomic E-state index is 12.8. The summed E-state index contributed by atoms with van der Waals surface area (Å²) >= 11 is 0. The second-order valence-corrected chi connectivity index (χ2v) is 8.14. The molecule has 29 heavy (non-hydrogen) atoms. The second-order valence-electron chi connectivity index (χ2n) is 8.14. The molecule has 0 aromatic heterocycles. The van der Waals surface area contributed by atoms with Gasteiger partial charge in [0.2, 0.25) is 5.91 Å². The van der Waals surface area contributed by atoms with Gasteiger partial charge < -0.3 is 5.32 Å². The number of hydrogen-bond acceptors (Lipinski definition) is 3. The largest absolute Gasteiger partial charge is 0.325 e. The molecule has 4 nitrogen and oxygen atoms in total. The maximum atomic E-state index is 12.8. The van der Waals surface area contributed by atoms with Gasteiger partial charge in [-0.15, -0.1) is 0 Å². The van der Waals surface area contributed by atoms with Gasteiger partial charge in [0, 0.05) is 24.7 Å². The van der Waals surface area contributed by atoms with Crippen molar-refractivity contribution in [1.82, 2.24) is 10.2 Å². The van der Waals surface area contributed by atoms with Crippen LogP contribution in [0.3, 0.4) is 0 Å². The summed E-state index contributed by atoms with van der Waals surface area (Å²) in [5.41, 5.74) is 7.61. The van der Waals surface area contributed by atoms with E-state index in [1.165, 1.54) is 5.56 Å². The molecule has 0 saturated heterocycles. The molecule has 0 aliphatic carbocycles. The van der Waals surface area contributed by atoms with Gasteiger partial charge >= 0.3 is 0 Å². The normalized spacial score (nSPS) is 23.5. The van der Waals surface area contributed by atoms with Crippen LogP contribution in [0.5, 0.6) is 0 Å². The molecule has 2 unspecified atom stereocenters. The summed E-state index contributed by atoms with van der Waals surface area (Å²) in [6.07, 6.45) is 2.14. The molecular weight excluding hydrogens is 358 g/mol. The minimum Gasteiger partial charge on any atom is -0.325 e. The van der Waals surface area contributed by atoms with Crippen molar-refractivity contribution in [2.45, 2.75) is 19.8 Å². The highest BCUT2D eigenvalue weighted by Gasteiger charge is 2.41. The number of aryl methyl sites for hydroxylation is 2. The number of nitrogens with one attached hydrogen (secondary N) is 1. The Kier molecular flexibility index (Phi) is 5.08. The van der Waals surface area contributed by atoms with E-state index in [1.807, 2.05) is 31.2 Å². The van der Waals surface area contributed by atoms with Gasteiger partial charge in [-0.1, -0.05) is 59.7 Å². The molecule has 2 atom stereocenters. The molecule has 1 amide bonds. The Bertz CT molecular complexity index is 1040. The molecule has 0 bridgehead atoms. The molecule has 4 heteroatoms. The molecule has 0 spiro atoms. The fraction of sp³-hybridized carbons (Fsp3) is 0.280. The number of nitrogens with zero attached hydrogens (tertiary/aromatic N) is 2. The molecule has 1 N–H and O–H groups in total. The SMILES string of the molecule is Cc1ccc(/C=C2\CN(C)CC3=C2NC(=O)C(C#N)C3c2ccc(C)cc2)cc1. The molecule has 2 aromatic rings. The van der Waals surface area contributed by atoms with E-state index in [0.717, 1.165) is 46.6 Å². The van der Waals surface area contributed by atoms with E-state index in [-0.39, 0.29) is 11.8 Å². The highest BCUT2D eigenvalue weighted by molar-refractivity contribution is 5.88. The zero-order chi connectivity index (χ0) is 20.5. The minimum atomic E-state index is -0.719. The zero-order valence-corrected chi connectivity index (χ0v) is 17.1. The molecule has 146 valence electrons. The van der Waals surface area contributed by atoms with Crippen LogP contribution < -0.4 is 5.32 Å². The molecule has 2 heterocycles. The lowest BCUT2D eigenvalue weighted by molar-refractivity contribution is -0.123. The Labute approximate surface area is 172 Å². The van der Waals surface area contributed by atoms with Gasteiger partial charge in [-0.05, 0) is 49.2 Å². The van der Waals surface area contributed by atoms with Crippen LogP contribution in [0.1, 0.15) is 28.2 Å². The molecular formula is C25H25N3O. The minimum absolute atomic E-state index is 0.212. The van der Waals surface area contributed by atoms with Crippen LogP contribution >= 0.6 is 0 Å². The van der Waals surface area contributed by atoms with Gasteiger partial charge in [0.05, 0.1) is 6.07 Å². The Morgan fingerprint density at radius 3 is 2.28 bits per heavy atom. The summed E-state index contributed by atoms with van der Waals surface area (Å²) < 4.78 is 0. The smallest absolute Gasteiger partial charge is 0.242 e. The predicted molar refractivity (Wildman–Crippen MR) is 115 cm³/mol. The topological polar surface area (TPSA) is 56.1 Å². The highest BCUT2D eigenvalue weighted by atomic mass is 16.2. The summed E-state index contributed by atoms with van der Waals surface area (Å²) in [4.78, 5) is 15.1. The van der Waals surface area contributed by atoms with Crippen LogP contribution in [-0.2, 0) is 4.79 Å². The number of benzene rings is 2. The summed E-state index contributed by atoms with van der Waals surface area (Å²) in [6.45, 7) is 5.60. The number of nitriles is 1. The summed E-state index contributed by atoms with van der Waals surface area (Å²) in [5, 5.41) is 12.8. The van der Waals surface area contributed by atoms with Crippen LogP contribution in [0.15, 0.2) is 65.4 Å². The lowest BCUT2D eigenvalue weighted by Gasteiger charge is -2.39. The molecule has 0 saturated carbocycles. The maximum Gasteiger partial charge on any atom is 0.242 e. The summed E-state index contributed by atoms with van der Waals surface area (Å²) in [5.74, 6) is -1.16. The quantitative estimate of drug-likeness (QED) is 0.855. The monoisotopic (exact) mass is 383 g/mol. The number of likely N-dealkylation sites (N-methyl/N-ethyl adjacent to an activating group) is 1. The van der Waals surface area contributed by atoms with Crippen molar-refractivity contribution in [3.63, 3.8) is 0 Å². The third kappa shape index (κ3) is 3.74. The molecule has 4 rings (SSSR count). The van der Waals surface area contributed by atoms with Crippen LogP contribution in [0.25, 0.3) is 6.08 Å².